The first kappa shape index (κ1) is 17.3. The van der Waals surface area contributed by atoms with Crippen LogP contribution in [0.2, 0.25) is 5.02 Å². The average Bonchev–Trinajstić information content (AvgIpc) is 3.05. The second kappa shape index (κ2) is 8.55. The third-order valence-electron chi connectivity index (χ3n) is 3.00. The maximum atomic E-state index is 11.6. The van der Waals surface area contributed by atoms with Crippen LogP contribution in [0.1, 0.15) is 28.1 Å². The fraction of sp³-hybridized carbons (Fsp3) is 0.250. The highest BCUT2D eigenvalue weighted by atomic mass is 35.5. The van der Waals surface area contributed by atoms with E-state index < -0.39 is 0 Å². The Bertz CT molecular complexity index is 674. The van der Waals surface area contributed by atoms with Crippen LogP contribution in [0.25, 0.3) is 0 Å². The number of ether oxygens (including phenoxy) is 1. The van der Waals surface area contributed by atoms with Gasteiger partial charge in [-0.15, -0.1) is 11.3 Å². The Labute approximate surface area is 143 Å². The van der Waals surface area contributed by atoms with Crippen LogP contribution in [0.5, 0.6) is 5.75 Å². The minimum Gasteiger partial charge on any atom is -0.493 e. The molecular formula is C16H17ClN2O3S. The van der Waals surface area contributed by atoms with Crippen LogP contribution in [-0.4, -0.2) is 18.4 Å². The molecule has 0 unspecified atom stereocenters. The van der Waals surface area contributed by atoms with Gasteiger partial charge < -0.3 is 4.74 Å². The van der Waals surface area contributed by atoms with Gasteiger partial charge in [0, 0.05) is 11.4 Å². The number of halogens is 1. The molecule has 2 N–H and O–H groups in total. The largest absolute Gasteiger partial charge is 0.493 e. The molecule has 1 aromatic heterocycles. The van der Waals surface area contributed by atoms with E-state index in [9.17, 15) is 9.59 Å². The number of hydrogen-bond acceptors (Lipinski definition) is 4. The van der Waals surface area contributed by atoms with Gasteiger partial charge in [0.15, 0.2) is 0 Å². The molecule has 0 aliphatic carbocycles. The minimum absolute atomic E-state index is 0.258. The fourth-order valence-electron chi connectivity index (χ4n) is 1.85. The predicted octanol–water partition coefficient (Wildman–Crippen LogP) is 3.33. The van der Waals surface area contributed by atoms with E-state index in [1.807, 2.05) is 13.0 Å². The van der Waals surface area contributed by atoms with Gasteiger partial charge in [-0.3, -0.25) is 20.4 Å². The highest BCUT2D eigenvalue weighted by molar-refractivity contribution is 7.12. The second-order valence-corrected chi connectivity index (χ2v) is 6.23. The summed E-state index contributed by atoms with van der Waals surface area (Å²) in [5, 5.41) is 2.46. The van der Waals surface area contributed by atoms with Crippen LogP contribution in [0.3, 0.4) is 0 Å². The molecule has 1 heterocycles. The van der Waals surface area contributed by atoms with Gasteiger partial charge in [-0.2, -0.15) is 0 Å². The fourth-order valence-corrected chi connectivity index (χ4v) is 2.69. The molecule has 0 aliphatic rings. The van der Waals surface area contributed by atoms with Crippen LogP contribution in [0, 0.1) is 6.92 Å². The Morgan fingerprint density at radius 1 is 1.26 bits per heavy atom. The molecule has 0 fully saturated rings. The summed E-state index contributed by atoms with van der Waals surface area (Å²) in [5.74, 6) is 0.175. The van der Waals surface area contributed by atoms with Crippen molar-refractivity contribution in [2.45, 2.75) is 19.8 Å². The maximum Gasteiger partial charge on any atom is 0.279 e. The van der Waals surface area contributed by atoms with Gasteiger partial charge in [0.1, 0.15) is 5.75 Å². The van der Waals surface area contributed by atoms with Crippen LogP contribution < -0.4 is 15.6 Å². The van der Waals surface area contributed by atoms with E-state index in [2.05, 4.69) is 10.9 Å². The molecule has 23 heavy (non-hydrogen) atoms. The lowest BCUT2D eigenvalue weighted by Crippen LogP contribution is -2.41. The van der Waals surface area contributed by atoms with Gasteiger partial charge in [-0.1, -0.05) is 17.7 Å². The number of amides is 2. The number of hydrogen-bond donors (Lipinski definition) is 2. The van der Waals surface area contributed by atoms with E-state index in [-0.39, 0.29) is 18.2 Å². The molecule has 0 aliphatic heterocycles. The normalized spacial score (nSPS) is 10.2. The lowest BCUT2D eigenvalue weighted by Gasteiger charge is -2.09. The van der Waals surface area contributed by atoms with Crippen molar-refractivity contribution in [2.24, 2.45) is 0 Å². The SMILES string of the molecule is Cc1cc(Cl)ccc1OCCCC(=O)NNC(=O)c1cccs1. The van der Waals surface area contributed by atoms with Gasteiger partial charge in [0.05, 0.1) is 11.5 Å². The molecule has 0 bridgehead atoms. The molecule has 0 atom stereocenters. The first-order valence-electron chi connectivity index (χ1n) is 7.08. The Morgan fingerprint density at radius 2 is 2.09 bits per heavy atom. The molecule has 0 spiro atoms. The summed E-state index contributed by atoms with van der Waals surface area (Å²) in [6.45, 7) is 2.32. The lowest BCUT2D eigenvalue weighted by atomic mass is 10.2. The van der Waals surface area contributed by atoms with Crippen molar-refractivity contribution in [3.8, 4) is 5.75 Å². The average molecular weight is 353 g/mol. The van der Waals surface area contributed by atoms with Crippen LogP contribution in [-0.2, 0) is 4.79 Å². The summed E-state index contributed by atoms with van der Waals surface area (Å²) in [5.41, 5.74) is 5.71. The van der Waals surface area contributed by atoms with E-state index in [4.69, 9.17) is 16.3 Å². The minimum atomic E-state index is -0.318. The van der Waals surface area contributed by atoms with Crippen molar-refractivity contribution in [1.29, 1.82) is 0 Å². The third kappa shape index (κ3) is 5.58. The number of nitrogens with one attached hydrogen (secondary N) is 2. The monoisotopic (exact) mass is 352 g/mol. The van der Waals surface area contributed by atoms with E-state index in [1.54, 1.807) is 29.6 Å². The van der Waals surface area contributed by atoms with Gasteiger partial charge >= 0.3 is 0 Å². The van der Waals surface area contributed by atoms with Crippen molar-refractivity contribution in [1.82, 2.24) is 10.9 Å². The number of thiophene rings is 1. The van der Waals surface area contributed by atoms with E-state index in [1.165, 1.54) is 11.3 Å². The van der Waals surface area contributed by atoms with E-state index in [0.717, 1.165) is 11.3 Å². The maximum absolute atomic E-state index is 11.6. The van der Waals surface area contributed by atoms with Crippen molar-refractivity contribution in [3.63, 3.8) is 0 Å². The molecular weight excluding hydrogens is 336 g/mol. The first-order valence-corrected chi connectivity index (χ1v) is 8.33. The molecule has 5 nitrogen and oxygen atoms in total. The number of benzene rings is 1. The lowest BCUT2D eigenvalue weighted by molar-refractivity contribution is -0.122. The highest BCUT2D eigenvalue weighted by Crippen LogP contribution is 2.21. The van der Waals surface area contributed by atoms with Gasteiger partial charge in [0.2, 0.25) is 5.91 Å². The molecule has 2 amide bonds. The van der Waals surface area contributed by atoms with Crippen molar-refractivity contribution >= 4 is 34.8 Å². The topological polar surface area (TPSA) is 67.4 Å². The summed E-state index contributed by atoms with van der Waals surface area (Å²) >= 11 is 7.19. The molecule has 0 radical (unpaired) electrons. The van der Waals surface area contributed by atoms with Crippen LogP contribution >= 0.6 is 22.9 Å². The summed E-state index contributed by atoms with van der Waals surface area (Å²) < 4.78 is 5.60. The van der Waals surface area contributed by atoms with Crippen molar-refractivity contribution in [2.75, 3.05) is 6.61 Å². The summed E-state index contributed by atoms with van der Waals surface area (Å²) in [4.78, 5) is 23.8. The first-order chi connectivity index (χ1) is 11.1. The number of carbonyl (C=O) groups excluding carboxylic acids is 2. The second-order valence-electron chi connectivity index (χ2n) is 4.84. The highest BCUT2D eigenvalue weighted by Gasteiger charge is 2.08. The zero-order chi connectivity index (χ0) is 16.7. The molecule has 0 saturated heterocycles. The zero-order valence-electron chi connectivity index (χ0n) is 12.6. The van der Waals surface area contributed by atoms with Crippen molar-refractivity contribution < 1.29 is 14.3 Å². The summed E-state index contributed by atoms with van der Waals surface area (Å²) in [6.07, 6.45) is 0.806. The standard InChI is InChI=1S/C16H17ClN2O3S/c1-11-10-12(17)6-7-13(11)22-8-2-5-15(20)18-19-16(21)14-4-3-9-23-14/h3-4,6-7,9-10H,2,5,8H2,1H3,(H,18,20)(H,19,21). The Balaban J connectivity index is 1.64. The molecule has 1 aromatic carbocycles. The summed E-state index contributed by atoms with van der Waals surface area (Å²) in [7, 11) is 0. The van der Waals surface area contributed by atoms with Gasteiger partial charge in [-0.25, -0.2) is 0 Å². The van der Waals surface area contributed by atoms with Crippen molar-refractivity contribution in [3.05, 3.63) is 51.2 Å². The third-order valence-corrected chi connectivity index (χ3v) is 4.11. The zero-order valence-corrected chi connectivity index (χ0v) is 14.2. The van der Waals surface area contributed by atoms with Gasteiger partial charge in [-0.05, 0) is 48.6 Å². The quantitative estimate of drug-likeness (QED) is 0.619. The Morgan fingerprint density at radius 3 is 2.78 bits per heavy atom. The summed E-state index contributed by atoms with van der Waals surface area (Å²) in [6, 6.07) is 8.85. The van der Waals surface area contributed by atoms with Gasteiger partial charge in [0.25, 0.3) is 5.91 Å². The van der Waals surface area contributed by atoms with E-state index in [0.29, 0.717) is 22.9 Å². The van der Waals surface area contributed by atoms with E-state index >= 15 is 0 Å². The molecule has 0 saturated carbocycles. The number of rotatable bonds is 6. The molecule has 2 aromatic rings. The molecule has 122 valence electrons. The predicted molar refractivity (Wildman–Crippen MR) is 90.8 cm³/mol. The smallest absolute Gasteiger partial charge is 0.279 e. The number of hydrazine groups is 1. The Hall–Kier alpha value is -2.05. The van der Waals surface area contributed by atoms with Crippen LogP contribution in [0.15, 0.2) is 35.7 Å². The van der Waals surface area contributed by atoms with Crippen LogP contribution in [0.4, 0.5) is 0 Å². The molecule has 7 heteroatoms. The number of aryl methyl sites for hydroxylation is 1. The number of carbonyl (C=O) groups is 2. The molecule has 2 rings (SSSR count). The Kier molecular flexibility index (Phi) is 6.43.